The van der Waals surface area contributed by atoms with E-state index in [1.165, 1.54) is 5.56 Å². The molecule has 106 valence electrons. The van der Waals surface area contributed by atoms with Crippen molar-refractivity contribution < 1.29 is 4.79 Å². The van der Waals surface area contributed by atoms with Gasteiger partial charge in [-0.3, -0.25) is 4.79 Å². The lowest BCUT2D eigenvalue weighted by Gasteiger charge is -2.05. The molecule has 2 N–H and O–H groups in total. The summed E-state index contributed by atoms with van der Waals surface area (Å²) in [4.78, 5) is 15.4. The Morgan fingerprint density at radius 1 is 1.10 bits per heavy atom. The van der Waals surface area contributed by atoms with Crippen molar-refractivity contribution in [1.82, 2.24) is 10.3 Å². The number of fused-ring (bicyclic) bond motifs is 1. The number of hydrogen-bond acceptors (Lipinski definition) is 1. The molecule has 3 heteroatoms. The van der Waals surface area contributed by atoms with Crippen molar-refractivity contribution in [2.75, 3.05) is 6.54 Å². The van der Waals surface area contributed by atoms with Crippen molar-refractivity contribution in [2.24, 2.45) is 0 Å². The van der Waals surface area contributed by atoms with Gasteiger partial charge in [-0.25, -0.2) is 0 Å². The second-order valence-corrected chi connectivity index (χ2v) is 5.25. The van der Waals surface area contributed by atoms with Gasteiger partial charge in [-0.05, 0) is 43.2 Å². The minimum absolute atomic E-state index is 0.0216. The van der Waals surface area contributed by atoms with E-state index in [0.717, 1.165) is 23.0 Å². The summed E-state index contributed by atoms with van der Waals surface area (Å²) in [5.41, 5.74) is 4.10. The highest BCUT2D eigenvalue weighted by Crippen LogP contribution is 2.16. The van der Waals surface area contributed by atoms with Crippen LogP contribution in [0.3, 0.4) is 0 Å². The van der Waals surface area contributed by atoms with Gasteiger partial charge in [-0.1, -0.05) is 30.3 Å². The number of aromatic nitrogens is 1. The van der Waals surface area contributed by atoms with Gasteiger partial charge in [0.1, 0.15) is 0 Å². The molecule has 0 fully saturated rings. The summed E-state index contributed by atoms with van der Waals surface area (Å²) in [6.07, 6.45) is 0.845. The number of aromatic amines is 1. The lowest BCUT2D eigenvalue weighted by molar-refractivity contribution is 0.0954. The smallest absolute Gasteiger partial charge is 0.251 e. The summed E-state index contributed by atoms with van der Waals surface area (Å²) in [5, 5.41) is 4.04. The molecular weight excluding hydrogens is 260 g/mol. The summed E-state index contributed by atoms with van der Waals surface area (Å²) in [6.45, 7) is 2.66. The van der Waals surface area contributed by atoms with Crippen LogP contribution in [0, 0.1) is 6.92 Å². The van der Waals surface area contributed by atoms with Crippen LogP contribution in [0.4, 0.5) is 0 Å². The first-order chi connectivity index (χ1) is 10.2. The molecule has 0 unspecified atom stereocenters. The van der Waals surface area contributed by atoms with Crippen molar-refractivity contribution in [2.45, 2.75) is 13.3 Å². The van der Waals surface area contributed by atoms with Gasteiger partial charge in [-0.15, -0.1) is 0 Å². The first-order valence-electron chi connectivity index (χ1n) is 7.14. The lowest BCUT2D eigenvalue weighted by atomic mass is 10.1. The van der Waals surface area contributed by atoms with Gasteiger partial charge >= 0.3 is 0 Å². The number of carbonyl (C=O) groups excluding carboxylic acids is 1. The van der Waals surface area contributed by atoms with Crippen LogP contribution in [-0.4, -0.2) is 17.4 Å². The van der Waals surface area contributed by atoms with Crippen molar-refractivity contribution in [3.05, 3.63) is 71.4 Å². The highest BCUT2D eigenvalue weighted by molar-refractivity contribution is 5.98. The minimum atomic E-state index is -0.0216. The van der Waals surface area contributed by atoms with Crippen molar-refractivity contribution in [1.29, 1.82) is 0 Å². The van der Waals surface area contributed by atoms with Crippen molar-refractivity contribution in [3.8, 4) is 0 Å². The van der Waals surface area contributed by atoms with Gasteiger partial charge < -0.3 is 10.3 Å². The maximum Gasteiger partial charge on any atom is 0.251 e. The number of nitrogens with one attached hydrogen (secondary N) is 2. The van der Waals surface area contributed by atoms with Gasteiger partial charge in [0, 0.05) is 28.7 Å². The maximum atomic E-state index is 12.2. The molecule has 0 spiro atoms. The Hall–Kier alpha value is -2.55. The number of aryl methyl sites for hydroxylation is 1. The normalized spacial score (nSPS) is 10.7. The standard InChI is InChI=1S/C18H18N2O/c1-13-11-16-12-15(7-8-17(16)20-13)18(21)19-10-9-14-5-3-2-4-6-14/h2-8,11-12,20H,9-10H2,1H3,(H,19,21). The van der Waals surface area contributed by atoms with E-state index in [0.29, 0.717) is 12.1 Å². The van der Waals surface area contributed by atoms with E-state index >= 15 is 0 Å². The molecular formula is C18H18N2O. The number of amides is 1. The average Bonchev–Trinajstić information content (AvgIpc) is 2.87. The van der Waals surface area contributed by atoms with Gasteiger partial charge in [0.05, 0.1) is 0 Å². The number of carbonyl (C=O) groups is 1. The van der Waals surface area contributed by atoms with E-state index in [4.69, 9.17) is 0 Å². The van der Waals surface area contributed by atoms with Crippen LogP contribution in [0.15, 0.2) is 54.6 Å². The SMILES string of the molecule is Cc1cc2cc(C(=O)NCCc3ccccc3)ccc2[nH]1. The van der Waals surface area contributed by atoms with Gasteiger partial charge in [0.25, 0.3) is 5.91 Å². The summed E-state index contributed by atoms with van der Waals surface area (Å²) >= 11 is 0. The maximum absolute atomic E-state index is 12.2. The second-order valence-electron chi connectivity index (χ2n) is 5.25. The fraction of sp³-hybridized carbons (Fsp3) is 0.167. The van der Waals surface area contributed by atoms with Gasteiger partial charge in [0.15, 0.2) is 0 Å². The van der Waals surface area contributed by atoms with Crippen molar-refractivity contribution in [3.63, 3.8) is 0 Å². The monoisotopic (exact) mass is 278 g/mol. The van der Waals surface area contributed by atoms with Gasteiger partial charge in [0.2, 0.25) is 0 Å². The Labute approximate surface area is 124 Å². The molecule has 3 aromatic rings. The molecule has 0 bridgehead atoms. The highest BCUT2D eigenvalue weighted by Gasteiger charge is 2.07. The van der Waals surface area contributed by atoms with E-state index in [-0.39, 0.29) is 5.91 Å². The molecule has 0 radical (unpaired) electrons. The molecule has 0 atom stereocenters. The number of H-pyrrole nitrogens is 1. The summed E-state index contributed by atoms with van der Waals surface area (Å²) < 4.78 is 0. The van der Waals surface area contributed by atoms with E-state index < -0.39 is 0 Å². The third kappa shape index (κ3) is 3.14. The minimum Gasteiger partial charge on any atom is -0.359 e. The van der Waals surface area contributed by atoms with Crippen LogP contribution in [0.2, 0.25) is 0 Å². The summed E-state index contributed by atoms with van der Waals surface area (Å²) in [7, 11) is 0. The van der Waals surface area contributed by atoms with E-state index in [1.807, 2.05) is 43.3 Å². The number of benzene rings is 2. The largest absolute Gasteiger partial charge is 0.359 e. The van der Waals surface area contributed by atoms with Crippen LogP contribution < -0.4 is 5.32 Å². The zero-order valence-corrected chi connectivity index (χ0v) is 12.0. The molecule has 0 aliphatic carbocycles. The Bertz CT molecular complexity index is 759. The van der Waals surface area contributed by atoms with Gasteiger partial charge in [-0.2, -0.15) is 0 Å². The van der Waals surface area contributed by atoms with E-state index in [1.54, 1.807) is 0 Å². The molecule has 2 aromatic carbocycles. The molecule has 0 saturated heterocycles. The molecule has 0 saturated carbocycles. The average molecular weight is 278 g/mol. The first-order valence-corrected chi connectivity index (χ1v) is 7.14. The molecule has 3 rings (SSSR count). The molecule has 1 heterocycles. The molecule has 0 aliphatic heterocycles. The van der Waals surface area contributed by atoms with Crippen LogP contribution in [0.5, 0.6) is 0 Å². The Balaban J connectivity index is 1.63. The summed E-state index contributed by atoms with van der Waals surface area (Å²) in [5.74, 6) is -0.0216. The summed E-state index contributed by atoms with van der Waals surface area (Å²) in [6, 6.07) is 18.0. The third-order valence-corrected chi connectivity index (χ3v) is 3.56. The zero-order chi connectivity index (χ0) is 14.7. The second kappa shape index (κ2) is 5.83. The number of hydrogen-bond donors (Lipinski definition) is 2. The quantitative estimate of drug-likeness (QED) is 0.754. The first kappa shape index (κ1) is 13.4. The predicted molar refractivity (Wildman–Crippen MR) is 85.5 cm³/mol. The topological polar surface area (TPSA) is 44.9 Å². The molecule has 0 aliphatic rings. The molecule has 3 nitrogen and oxygen atoms in total. The van der Waals surface area contributed by atoms with Crippen molar-refractivity contribution >= 4 is 16.8 Å². The van der Waals surface area contributed by atoms with Crippen LogP contribution in [0.1, 0.15) is 21.6 Å². The third-order valence-electron chi connectivity index (χ3n) is 3.56. The fourth-order valence-corrected chi connectivity index (χ4v) is 2.49. The Morgan fingerprint density at radius 3 is 2.71 bits per heavy atom. The zero-order valence-electron chi connectivity index (χ0n) is 12.0. The molecule has 1 aromatic heterocycles. The Morgan fingerprint density at radius 2 is 1.90 bits per heavy atom. The van der Waals surface area contributed by atoms with E-state index in [9.17, 15) is 4.79 Å². The van der Waals surface area contributed by atoms with E-state index in [2.05, 4.69) is 28.5 Å². The Kier molecular flexibility index (Phi) is 3.73. The molecule has 21 heavy (non-hydrogen) atoms. The highest BCUT2D eigenvalue weighted by atomic mass is 16.1. The lowest BCUT2D eigenvalue weighted by Crippen LogP contribution is -2.25. The number of rotatable bonds is 4. The van der Waals surface area contributed by atoms with Crippen LogP contribution in [0.25, 0.3) is 10.9 Å². The fourth-order valence-electron chi connectivity index (χ4n) is 2.49. The predicted octanol–water partition coefficient (Wildman–Crippen LogP) is 3.45. The van der Waals surface area contributed by atoms with Crippen LogP contribution >= 0.6 is 0 Å². The molecule has 1 amide bonds. The van der Waals surface area contributed by atoms with Crippen LogP contribution in [-0.2, 0) is 6.42 Å².